The number of rotatable bonds is 5. The van der Waals surface area contributed by atoms with Crippen LogP contribution in [-0.4, -0.2) is 25.9 Å². The van der Waals surface area contributed by atoms with Gasteiger partial charge in [0.05, 0.1) is 14.2 Å². The zero-order chi connectivity index (χ0) is 13.0. The first-order chi connectivity index (χ1) is 8.80. The van der Waals surface area contributed by atoms with Gasteiger partial charge in [0, 0.05) is 12.0 Å². The van der Waals surface area contributed by atoms with Crippen LogP contribution >= 0.6 is 0 Å². The summed E-state index contributed by atoms with van der Waals surface area (Å²) in [4.78, 5) is 0. The average Bonchev–Trinajstić information content (AvgIpc) is 2.43. The predicted molar refractivity (Wildman–Crippen MR) is 72.5 cm³/mol. The maximum absolute atomic E-state index is 8.94. The molecule has 2 aromatic rings. The molecule has 0 unspecified atom stereocenters. The summed E-state index contributed by atoms with van der Waals surface area (Å²) in [6, 6.07) is 10.1. The van der Waals surface area contributed by atoms with Gasteiger partial charge >= 0.3 is 0 Å². The van der Waals surface area contributed by atoms with Crippen molar-refractivity contribution in [1.29, 1.82) is 0 Å². The Balaban J connectivity index is 2.54. The van der Waals surface area contributed by atoms with Crippen molar-refractivity contribution in [3.8, 4) is 11.5 Å². The van der Waals surface area contributed by atoms with Crippen LogP contribution in [0.3, 0.4) is 0 Å². The zero-order valence-electron chi connectivity index (χ0n) is 10.8. The van der Waals surface area contributed by atoms with E-state index in [2.05, 4.69) is 6.07 Å². The van der Waals surface area contributed by atoms with Gasteiger partial charge < -0.3 is 14.6 Å². The highest BCUT2D eigenvalue weighted by molar-refractivity contribution is 5.90. The highest BCUT2D eigenvalue weighted by Gasteiger charge is 2.08. The van der Waals surface area contributed by atoms with Crippen molar-refractivity contribution in [3.63, 3.8) is 0 Å². The van der Waals surface area contributed by atoms with E-state index in [9.17, 15) is 0 Å². The largest absolute Gasteiger partial charge is 0.496 e. The highest BCUT2D eigenvalue weighted by atomic mass is 16.5. The number of fused-ring (bicyclic) bond motifs is 1. The number of hydrogen-bond donors (Lipinski definition) is 1. The minimum Gasteiger partial charge on any atom is -0.496 e. The number of ether oxygens (including phenoxy) is 2. The fraction of sp³-hybridized carbons (Fsp3) is 0.333. The Morgan fingerprint density at radius 1 is 1.06 bits per heavy atom. The van der Waals surface area contributed by atoms with Gasteiger partial charge in [-0.15, -0.1) is 0 Å². The second-order valence-corrected chi connectivity index (χ2v) is 4.17. The molecule has 0 amide bonds. The highest BCUT2D eigenvalue weighted by Crippen LogP contribution is 2.32. The van der Waals surface area contributed by atoms with Crippen LogP contribution in [0.1, 0.15) is 12.0 Å². The monoisotopic (exact) mass is 246 g/mol. The first-order valence-corrected chi connectivity index (χ1v) is 6.04. The van der Waals surface area contributed by atoms with Crippen molar-refractivity contribution < 1.29 is 14.6 Å². The van der Waals surface area contributed by atoms with Crippen LogP contribution in [0.25, 0.3) is 10.8 Å². The summed E-state index contributed by atoms with van der Waals surface area (Å²) in [5, 5.41) is 11.1. The molecule has 0 fully saturated rings. The Morgan fingerprint density at radius 2 is 1.83 bits per heavy atom. The van der Waals surface area contributed by atoms with Gasteiger partial charge in [-0.05, 0) is 42.0 Å². The molecule has 0 radical (unpaired) electrons. The fourth-order valence-corrected chi connectivity index (χ4v) is 2.15. The van der Waals surface area contributed by atoms with Crippen molar-refractivity contribution in [2.75, 3.05) is 20.8 Å². The quantitative estimate of drug-likeness (QED) is 0.881. The fourth-order valence-electron chi connectivity index (χ4n) is 2.15. The van der Waals surface area contributed by atoms with Gasteiger partial charge in [-0.3, -0.25) is 0 Å². The van der Waals surface area contributed by atoms with Crippen LogP contribution in [0, 0.1) is 0 Å². The lowest BCUT2D eigenvalue weighted by molar-refractivity contribution is 0.288. The molecule has 0 bridgehead atoms. The van der Waals surface area contributed by atoms with Crippen molar-refractivity contribution in [2.45, 2.75) is 12.8 Å². The molecule has 0 aliphatic carbocycles. The lowest BCUT2D eigenvalue weighted by Gasteiger charge is -2.12. The van der Waals surface area contributed by atoms with Crippen molar-refractivity contribution in [2.24, 2.45) is 0 Å². The number of hydrogen-bond acceptors (Lipinski definition) is 3. The molecule has 2 rings (SSSR count). The summed E-state index contributed by atoms with van der Waals surface area (Å²) < 4.78 is 10.8. The summed E-state index contributed by atoms with van der Waals surface area (Å²) in [5.41, 5.74) is 1.10. The minimum atomic E-state index is 0.188. The molecule has 18 heavy (non-hydrogen) atoms. The van der Waals surface area contributed by atoms with Gasteiger partial charge in [-0.25, -0.2) is 0 Å². The lowest BCUT2D eigenvalue weighted by Crippen LogP contribution is -1.96. The van der Waals surface area contributed by atoms with Gasteiger partial charge in [0.25, 0.3) is 0 Å². The molecule has 3 heteroatoms. The van der Waals surface area contributed by atoms with Gasteiger partial charge in [0.15, 0.2) is 0 Å². The van der Waals surface area contributed by atoms with Crippen molar-refractivity contribution >= 4 is 10.8 Å². The molecule has 3 nitrogen and oxygen atoms in total. The second kappa shape index (κ2) is 5.74. The molecule has 0 aliphatic heterocycles. The van der Waals surface area contributed by atoms with E-state index in [-0.39, 0.29) is 6.61 Å². The van der Waals surface area contributed by atoms with E-state index >= 15 is 0 Å². The first kappa shape index (κ1) is 12.7. The third kappa shape index (κ3) is 2.41. The molecular weight excluding hydrogens is 228 g/mol. The Bertz CT molecular complexity index is 534. The predicted octanol–water partition coefficient (Wildman–Crippen LogP) is 2.78. The summed E-state index contributed by atoms with van der Waals surface area (Å²) >= 11 is 0. The Hall–Kier alpha value is -1.74. The van der Waals surface area contributed by atoms with E-state index in [4.69, 9.17) is 14.6 Å². The molecule has 0 saturated heterocycles. The van der Waals surface area contributed by atoms with Gasteiger partial charge in [0.1, 0.15) is 11.5 Å². The second-order valence-electron chi connectivity index (χ2n) is 4.17. The Labute approximate surface area is 107 Å². The molecular formula is C15H18O3. The SMILES string of the molecule is COc1cc2cccc(OC)c2cc1CCCO. The molecule has 0 atom stereocenters. The first-order valence-electron chi connectivity index (χ1n) is 6.04. The number of benzene rings is 2. The van der Waals surface area contributed by atoms with Crippen molar-refractivity contribution in [1.82, 2.24) is 0 Å². The standard InChI is InChI=1S/C15H18O3/c1-17-14-7-3-5-11-10-15(18-2)12(6-4-8-16)9-13(11)14/h3,5,7,9-10,16H,4,6,8H2,1-2H3. The van der Waals surface area contributed by atoms with Crippen LogP contribution in [0.5, 0.6) is 11.5 Å². The molecule has 0 aromatic heterocycles. The average molecular weight is 246 g/mol. The van der Waals surface area contributed by atoms with E-state index < -0.39 is 0 Å². The molecule has 1 N–H and O–H groups in total. The third-order valence-electron chi connectivity index (χ3n) is 3.07. The van der Waals surface area contributed by atoms with Gasteiger partial charge in [0.2, 0.25) is 0 Å². The molecule has 2 aromatic carbocycles. The van der Waals surface area contributed by atoms with Crippen LogP contribution in [0.2, 0.25) is 0 Å². The summed E-state index contributed by atoms with van der Waals surface area (Å²) in [7, 11) is 3.34. The normalized spacial score (nSPS) is 10.6. The summed E-state index contributed by atoms with van der Waals surface area (Å²) in [5.74, 6) is 1.73. The number of methoxy groups -OCH3 is 2. The van der Waals surface area contributed by atoms with E-state index in [1.807, 2.05) is 24.3 Å². The number of aliphatic hydroxyl groups excluding tert-OH is 1. The molecule has 0 aliphatic rings. The van der Waals surface area contributed by atoms with E-state index in [0.717, 1.165) is 40.7 Å². The van der Waals surface area contributed by atoms with Crippen LogP contribution in [0.4, 0.5) is 0 Å². The summed E-state index contributed by atoms with van der Waals surface area (Å²) in [6.45, 7) is 0.188. The maximum atomic E-state index is 8.94. The minimum absolute atomic E-state index is 0.188. The van der Waals surface area contributed by atoms with Crippen LogP contribution < -0.4 is 9.47 Å². The Kier molecular flexibility index (Phi) is 4.05. The van der Waals surface area contributed by atoms with Gasteiger partial charge in [-0.2, -0.15) is 0 Å². The molecule has 96 valence electrons. The van der Waals surface area contributed by atoms with E-state index in [0.29, 0.717) is 0 Å². The smallest absolute Gasteiger partial charge is 0.126 e. The lowest BCUT2D eigenvalue weighted by atomic mass is 10.0. The third-order valence-corrected chi connectivity index (χ3v) is 3.07. The molecule has 0 saturated carbocycles. The maximum Gasteiger partial charge on any atom is 0.126 e. The Morgan fingerprint density at radius 3 is 2.50 bits per heavy atom. The van der Waals surface area contributed by atoms with E-state index in [1.54, 1.807) is 14.2 Å². The van der Waals surface area contributed by atoms with Gasteiger partial charge in [-0.1, -0.05) is 12.1 Å². The van der Waals surface area contributed by atoms with Crippen LogP contribution in [-0.2, 0) is 6.42 Å². The topological polar surface area (TPSA) is 38.7 Å². The molecule has 0 heterocycles. The number of aliphatic hydroxyl groups is 1. The summed E-state index contributed by atoms with van der Waals surface area (Å²) in [6.07, 6.45) is 1.53. The zero-order valence-corrected chi connectivity index (χ0v) is 10.8. The van der Waals surface area contributed by atoms with E-state index in [1.165, 1.54) is 0 Å². The van der Waals surface area contributed by atoms with Crippen LogP contribution in [0.15, 0.2) is 30.3 Å². The van der Waals surface area contributed by atoms with Crippen molar-refractivity contribution in [3.05, 3.63) is 35.9 Å². The number of aryl methyl sites for hydroxylation is 1. The molecule has 0 spiro atoms.